The van der Waals surface area contributed by atoms with Gasteiger partial charge in [0.1, 0.15) is 6.07 Å². The van der Waals surface area contributed by atoms with Crippen LogP contribution >= 0.6 is 0 Å². The van der Waals surface area contributed by atoms with Crippen molar-refractivity contribution in [1.82, 2.24) is 0 Å². The lowest BCUT2D eigenvalue weighted by Gasteiger charge is -2.25. The maximum absolute atomic E-state index is 14.7. The molecule has 1 N–H and O–H groups in total. The molecule has 0 saturated carbocycles. The third kappa shape index (κ3) is 5.00. The van der Waals surface area contributed by atoms with Gasteiger partial charge in [-0.1, -0.05) is 47.5 Å². The Hall–Kier alpha value is -4.90. The fourth-order valence-corrected chi connectivity index (χ4v) is 3.93. The van der Waals surface area contributed by atoms with E-state index in [2.05, 4.69) is 0 Å². The van der Waals surface area contributed by atoms with Crippen molar-refractivity contribution in [3.8, 4) is 6.07 Å². The lowest BCUT2D eigenvalue weighted by atomic mass is 10.1. The van der Waals surface area contributed by atoms with Crippen molar-refractivity contribution in [2.45, 2.75) is 13.8 Å². The fraction of sp³-hybridized carbons (Fsp3) is 0.0667. The van der Waals surface area contributed by atoms with Crippen molar-refractivity contribution in [2.24, 2.45) is 0 Å². The lowest BCUT2D eigenvalue weighted by Crippen LogP contribution is -2.31. The molecule has 38 heavy (non-hydrogen) atoms. The molecule has 0 aliphatic carbocycles. The minimum absolute atomic E-state index is 0.230. The summed E-state index contributed by atoms with van der Waals surface area (Å²) < 4.78 is 58.6. The monoisotopic (exact) mass is 516 g/mol. The van der Waals surface area contributed by atoms with E-state index in [1.54, 1.807) is 12.1 Å². The Bertz CT molecular complexity index is 1610. The molecule has 4 aromatic carbocycles. The van der Waals surface area contributed by atoms with Crippen LogP contribution in [0.25, 0.3) is 11.6 Å². The number of hydrogen-bond donors (Lipinski definition) is 1. The highest BCUT2D eigenvalue weighted by molar-refractivity contribution is 6.14. The Morgan fingerprint density at radius 3 is 1.50 bits per heavy atom. The molecule has 0 aliphatic heterocycles. The molecule has 0 heterocycles. The van der Waals surface area contributed by atoms with E-state index in [1.807, 2.05) is 67.3 Å². The maximum atomic E-state index is 14.7. The highest BCUT2D eigenvalue weighted by atomic mass is 19.2. The van der Waals surface area contributed by atoms with Gasteiger partial charge in [-0.2, -0.15) is 5.26 Å². The summed E-state index contributed by atoms with van der Waals surface area (Å²) in [5.41, 5.74) is 3.42. The number of anilines is 3. The number of carbonyl (C=O) groups is 1. The average Bonchev–Trinajstić information content (AvgIpc) is 2.91. The first kappa shape index (κ1) is 26.2. The van der Waals surface area contributed by atoms with Crippen LogP contribution in [-0.4, -0.2) is 11.1 Å². The zero-order chi connectivity index (χ0) is 27.6. The van der Waals surface area contributed by atoms with Gasteiger partial charge in [-0.05, 0) is 61.9 Å². The minimum Gasteiger partial charge on any atom is -0.477 e. The standard InChI is InChI=1S/C30H20F4N2O2/c1-17-3-9-20(10-4-17)36(21-11-5-18(2)6-12-21)22-13-7-19(8-14-22)15-23-26(31)28(33)25(29(34)27(23)32)24(16-35)30(37)38/h3-15H,1-2H3,(H,37,38). The van der Waals surface area contributed by atoms with Crippen LogP contribution < -0.4 is 15.3 Å². The molecule has 0 radical (unpaired) electrons. The molecule has 4 aromatic rings. The van der Waals surface area contributed by atoms with Gasteiger partial charge in [0.15, 0.2) is 28.8 Å². The van der Waals surface area contributed by atoms with Crippen LogP contribution in [0.3, 0.4) is 0 Å². The number of nitrogens with zero attached hydrogens (tertiary/aromatic N) is 2. The molecule has 0 fully saturated rings. The zero-order valence-corrected chi connectivity index (χ0v) is 20.3. The number of halogens is 4. The van der Waals surface area contributed by atoms with Crippen molar-refractivity contribution in [3.63, 3.8) is 0 Å². The largest absolute Gasteiger partial charge is 0.477 e. The van der Waals surface area contributed by atoms with Gasteiger partial charge in [0.05, 0.1) is 10.4 Å². The van der Waals surface area contributed by atoms with Crippen LogP contribution in [0.2, 0.25) is 0 Å². The number of aryl methyl sites for hydroxylation is 2. The summed E-state index contributed by atoms with van der Waals surface area (Å²) in [6.45, 7) is 3.95. The van der Waals surface area contributed by atoms with Crippen LogP contribution in [-0.2, 0) is 4.79 Å². The van der Waals surface area contributed by atoms with E-state index in [-0.39, 0.29) is 5.56 Å². The van der Waals surface area contributed by atoms with Gasteiger partial charge < -0.3 is 10.0 Å². The van der Waals surface area contributed by atoms with E-state index in [4.69, 9.17) is 10.4 Å². The van der Waals surface area contributed by atoms with Gasteiger partial charge in [0, 0.05) is 17.1 Å². The predicted octanol–water partition coefficient (Wildman–Crippen LogP) is 5.92. The van der Waals surface area contributed by atoms with Gasteiger partial charge in [-0.25, -0.2) is 22.4 Å². The van der Waals surface area contributed by atoms with Crippen molar-refractivity contribution >= 4 is 34.7 Å². The normalized spacial score (nSPS) is 10.6. The summed E-state index contributed by atoms with van der Waals surface area (Å²) >= 11 is 0. The van der Waals surface area contributed by atoms with Crippen molar-refractivity contribution in [2.75, 3.05) is 4.90 Å². The van der Waals surface area contributed by atoms with E-state index >= 15 is 0 Å². The van der Waals surface area contributed by atoms with Gasteiger partial charge in [-0.3, -0.25) is 0 Å². The molecule has 0 spiro atoms. The first-order chi connectivity index (χ1) is 18.1. The second-order valence-electron chi connectivity index (χ2n) is 8.58. The molecule has 4 rings (SSSR count). The quantitative estimate of drug-likeness (QED) is 0.264. The number of rotatable bonds is 5. The summed E-state index contributed by atoms with van der Waals surface area (Å²) in [5.74, 6) is -9.55. The van der Waals surface area contributed by atoms with Gasteiger partial charge in [0.2, 0.25) is 0 Å². The smallest absolute Gasteiger partial charge is 0.347 e. The van der Waals surface area contributed by atoms with Crippen LogP contribution in [0, 0.1) is 48.4 Å². The molecule has 0 atom stereocenters. The molecule has 0 bridgehead atoms. The fourth-order valence-electron chi connectivity index (χ4n) is 3.93. The summed E-state index contributed by atoms with van der Waals surface area (Å²) in [6, 6.07) is 23.2. The van der Waals surface area contributed by atoms with E-state index in [0.29, 0.717) is 0 Å². The highest BCUT2D eigenvalue weighted by Gasteiger charge is 2.23. The van der Waals surface area contributed by atoms with Gasteiger partial charge in [0.25, 0.3) is 0 Å². The van der Waals surface area contributed by atoms with E-state index < -0.39 is 45.2 Å². The molecular weight excluding hydrogens is 496 g/mol. The first-order valence-electron chi connectivity index (χ1n) is 11.4. The van der Waals surface area contributed by atoms with Crippen LogP contribution in [0.15, 0.2) is 72.8 Å². The zero-order valence-electron chi connectivity index (χ0n) is 20.3. The second-order valence-corrected chi connectivity index (χ2v) is 8.58. The number of carboxylic acids is 1. The minimum atomic E-state index is -2.01. The van der Waals surface area contributed by atoms with E-state index in [9.17, 15) is 22.4 Å². The number of hydrogen-bond acceptors (Lipinski definition) is 3. The summed E-state index contributed by atoms with van der Waals surface area (Å²) in [6.07, 6.45) is 0.902. The van der Waals surface area contributed by atoms with E-state index in [1.165, 1.54) is 12.1 Å². The topological polar surface area (TPSA) is 64.3 Å². The molecule has 0 aliphatic rings. The molecule has 0 saturated heterocycles. The van der Waals surface area contributed by atoms with Crippen molar-refractivity contribution in [3.05, 3.63) is 123 Å². The van der Waals surface area contributed by atoms with Crippen LogP contribution in [0.5, 0.6) is 0 Å². The average molecular weight is 516 g/mol. The molecule has 4 nitrogen and oxygen atoms in total. The van der Waals surface area contributed by atoms with Crippen LogP contribution in [0.4, 0.5) is 34.6 Å². The number of carboxylic acid groups (broad SMARTS) is 1. The van der Waals surface area contributed by atoms with Crippen molar-refractivity contribution in [1.29, 1.82) is 5.26 Å². The summed E-state index contributed by atoms with van der Waals surface area (Å²) in [5, 5.41) is 15.3. The van der Waals surface area contributed by atoms with Gasteiger partial charge in [-0.15, -0.1) is 0 Å². The number of nitriles is 1. The Morgan fingerprint density at radius 2 is 1.13 bits per heavy atom. The Kier molecular flexibility index (Phi) is 7.31. The Morgan fingerprint density at radius 1 is 0.737 bits per heavy atom. The third-order valence-corrected chi connectivity index (χ3v) is 5.92. The highest BCUT2D eigenvalue weighted by Crippen LogP contribution is 2.34. The van der Waals surface area contributed by atoms with E-state index in [0.717, 1.165) is 40.3 Å². The number of benzene rings is 4. The van der Waals surface area contributed by atoms with Crippen molar-refractivity contribution < 1.29 is 27.5 Å². The molecular formula is C30H20F4N2O2. The molecule has 8 heteroatoms. The summed E-state index contributed by atoms with van der Waals surface area (Å²) in [4.78, 5) is 13.1. The molecule has 0 unspecified atom stereocenters. The SMILES string of the molecule is Cc1ccc(N(c2ccc(C)cc2)c2ccc(C=c3c(F)c(F)c(=C(C#N)C(=O)O)c(F)c3F)cc2)cc1. The molecule has 190 valence electrons. The van der Waals surface area contributed by atoms with Gasteiger partial charge >= 0.3 is 5.97 Å². The Labute approximate surface area is 215 Å². The number of aliphatic carboxylic acids is 1. The predicted molar refractivity (Wildman–Crippen MR) is 136 cm³/mol. The maximum Gasteiger partial charge on any atom is 0.347 e. The molecule has 0 aromatic heterocycles. The third-order valence-electron chi connectivity index (χ3n) is 5.92. The summed E-state index contributed by atoms with van der Waals surface area (Å²) in [7, 11) is 0. The van der Waals surface area contributed by atoms with Crippen LogP contribution in [0.1, 0.15) is 16.7 Å². The molecule has 0 amide bonds. The first-order valence-corrected chi connectivity index (χ1v) is 11.4. The lowest BCUT2D eigenvalue weighted by molar-refractivity contribution is -0.130. The second kappa shape index (κ2) is 10.6. The Balaban J connectivity index is 1.83.